The van der Waals surface area contributed by atoms with Gasteiger partial charge in [0.1, 0.15) is 0 Å². The molecule has 1 amide bonds. The molecule has 2 unspecified atom stereocenters. The molecule has 4 aliphatic rings. The number of amides is 1. The van der Waals surface area contributed by atoms with Crippen LogP contribution in [0.5, 0.6) is 0 Å². The highest BCUT2D eigenvalue weighted by atomic mass is 16.2. The van der Waals surface area contributed by atoms with Crippen molar-refractivity contribution < 1.29 is 4.79 Å². The molecule has 4 aliphatic heterocycles. The summed E-state index contributed by atoms with van der Waals surface area (Å²) in [6.07, 6.45) is 1.23. The molecule has 0 spiro atoms. The van der Waals surface area contributed by atoms with Crippen LogP contribution in [0.1, 0.15) is 41.0 Å². The molecule has 4 fully saturated rings. The zero-order chi connectivity index (χ0) is 14.7. The van der Waals surface area contributed by atoms with Crippen LogP contribution in [-0.4, -0.2) is 70.5 Å². The van der Waals surface area contributed by atoms with Crippen LogP contribution in [0.4, 0.5) is 0 Å². The summed E-state index contributed by atoms with van der Waals surface area (Å²) in [7, 11) is 0. The lowest BCUT2D eigenvalue weighted by atomic mass is 9.83. The first-order chi connectivity index (χ1) is 9.27. The molecule has 0 N–H and O–H groups in total. The van der Waals surface area contributed by atoms with Crippen LogP contribution in [0.3, 0.4) is 0 Å². The van der Waals surface area contributed by atoms with Gasteiger partial charge in [-0.1, -0.05) is 0 Å². The van der Waals surface area contributed by atoms with Crippen molar-refractivity contribution in [1.82, 2.24) is 14.7 Å². The predicted octanol–water partition coefficient (Wildman–Crippen LogP) is 1.41. The molecule has 4 nitrogen and oxygen atoms in total. The normalized spacial score (nSPS) is 32.2. The third kappa shape index (κ3) is 2.27. The summed E-state index contributed by atoms with van der Waals surface area (Å²) in [6.45, 7) is 15.3. The predicted molar refractivity (Wildman–Crippen MR) is 80.6 cm³/mol. The summed E-state index contributed by atoms with van der Waals surface area (Å²) in [4.78, 5) is 19.8. The molecule has 0 radical (unpaired) electrons. The van der Waals surface area contributed by atoms with E-state index in [2.05, 4.69) is 49.3 Å². The SMILES string of the molecule is CC(C)N1CC2CC(C1)N2C(=O)C1CN(C(C)(C)C)C1. The number of piperidine rings is 1. The van der Waals surface area contributed by atoms with Crippen LogP contribution in [0.2, 0.25) is 0 Å². The topological polar surface area (TPSA) is 26.8 Å². The van der Waals surface area contributed by atoms with E-state index in [1.54, 1.807) is 0 Å². The number of piperazine rings is 1. The fourth-order valence-electron chi connectivity index (χ4n) is 3.82. The van der Waals surface area contributed by atoms with E-state index in [1.807, 2.05) is 0 Å². The summed E-state index contributed by atoms with van der Waals surface area (Å²) in [5.74, 6) is 0.681. The van der Waals surface area contributed by atoms with Crippen molar-refractivity contribution >= 4 is 5.91 Å². The number of carbonyl (C=O) groups excluding carboxylic acids is 1. The highest BCUT2D eigenvalue weighted by Crippen LogP contribution is 2.36. The zero-order valence-corrected chi connectivity index (χ0v) is 13.6. The zero-order valence-electron chi connectivity index (χ0n) is 13.6. The maximum atomic E-state index is 12.7. The van der Waals surface area contributed by atoms with Gasteiger partial charge >= 0.3 is 0 Å². The third-order valence-electron chi connectivity index (χ3n) is 5.39. The number of nitrogens with zero attached hydrogens (tertiary/aromatic N) is 3. The molecular formula is C16H29N3O. The number of rotatable bonds is 2. The van der Waals surface area contributed by atoms with Crippen molar-refractivity contribution in [1.29, 1.82) is 0 Å². The molecule has 2 atom stereocenters. The summed E-state index contributed by atoms with van der Waals surface area (Å²) in [5, 5.41) is 0. The summed E-state index contributed by atoms with van der Waals surface area (Å²) >= 11 is 0. The standard InChI is InChI=1S/C16H29N3O/c1-11(2)17-9-13-6-14(10-17)19(13)15(20)12-7-18(8-12)16(3,4)5/h11-14H,6-10H2,1-5H3. The molecule has 114 valence electrons. The van der Waals surface area contributed by atoms with E-state index in [-0.39, 0.29) is 11.5 Å². The Bertz CT molecular complexity index is 383. The molecule has 2 bridgehead atoms. The van der Waals surface area contributed by atoms with Crippen molar-refractivity contribution in [3.05, 3.63) is 0 Å². The molecular weight excluding hydrogens is 250 g/mol. The van der Waals surface area contributed by atoms with Crippen LogP contribution in [-0.2, 0) is 4.79 Å². The van der Waals surface area contributed by atoms with Crippen LogP contribution >= 0.6 is 0 Å². The Morgan fingerprint density at radius 3 is 2.05 bits per heavy atom. The van der Waals surface area contributed by atoms with Gasteiger partial charge < -0.3 is 4.90 Å². The van der Waals surface area contributed by atoms with Crippen molar-refractivity contribution in [3.63, 3.8) is 0 Å². The van der Waals surface area contributed by atoms with Crippen LogP contribution < -0.4 is 0 Å². The fraction of sp³-hybridized carbons (Fsp3) is 0.938. The van der Waals surface area contributed by atoms with Gasteiger partial charge in [0.25, 0.3) is 0 Å². The minimum atomic E-state index is 0.204. The number of fused-ring (bicyclic) bond motifs is 2. The van der Waals surface area contributed by atoms with E-state index in [0.717, 1.165) is 26.2 Å². The molecule has 0 aromatic heterocycles. The largest absolute Gasteiger partial charge is 0.334 e. The first-order valence-corrected chi connectivity index (χ1v) is 8.08. The summed E-state index contributed by atoms with van der Waals surface area (Å²) in [6, 6.07) is 1.59. The smallest absolute Gasteiger partial charge is 0.228 e. The molecule has 4 heterocycles. The Kier molecular flexibility index (Phi) is 3.37. The summed E-state index contributed by atoms with van der Waals surface area (Å²) < 4.78 is 0. The van der Waals surface area contributed by atoms with Crippen molar-refractivity contribution in [3.8, 4) is 0 Å². The van der Waals surface area contributed by atoms with Gasteiger partial charge in [0, 0.05) is 49.8 Å². The van der Waals surface area contributed by atoms with Crippen LogP contribution in [0, 0.1) is 5.92 Å². The third-order valence-corrected chi connectivity index (χ3v) is 5.39. The maximum absolute atomic E-state index is 12.7. The molecule has 0 aliphatic carbocycles. The Labute approximate surface area is 123 Å². The average molecular weight is 279 g/mol. The molecule has 4 heteroatoms. The lowest BCUT2D eigenvalue weighted by Gasteiger charge is -2.59. The van der Waals surface area contributed by atoms with Gasteiger partial charge in [-0.05, 0) is 41.0 Å². The van der Waals surface area contributed by atoms with E-state index < -0.39 is 0 Å². The number of hydrogen-bond donors (Lipinski definition) is 0. The van der Waals surface area contributed by atoms with E-state index in [0.29, 0.717) is 24.0 Å². The number of likely N-dealkylation sites (tertiary alicyclic amines) is 1. The Morgan fingerprint density at radius 1 is 1.05 bits per heavy atom. The molecule has 0 aromatic carbocycles. The van der Waals surface area contributed by atoms with E-state index in [1.165, 1.54) is 6.42 Å². The quantitative estimate of drug-likeness (QED) is 0.765. The van der Waals surface area contributed by atoms with Gasteiger partial charge in [-0.15, -0.1) is 0 Å². The van der Waals surface area contributed by atoms with E-state index in [9.17, 15) is 4.79 Å². The highest BCUT2D eigenvalue weighted by Gasteiger charge is 2.51. The molecule has 20 heavy (non-hydrogen) atoms. The first-order valence-electron chi connectivity index (χ1n) is 8.08. The monoisotopic (exact) mass is 279 g/mol. The van der Waals surface area contributed by atoms with E-state index >= 15 is 0 Å². The fourth-order valence-corrected chi connectivity index (χ4v) is 3.82. The average Bonchev–Trinajstić information content (AvgIpc) is 2.24. The van der Waals surface area contributed by atoms with Gasteiger partial charge in [-0.2, -0.15) is 0 Å². The van der Waals surface area contributed by atoms with Gasteiger partial charge in [0.15, 0.2) is 0 Å². The number of hydrogen-bond acceptors (Lipinski definition) is 3. The van der Waals surface area contributed by atoms with E-state index in [4.69, 9.17) is 0 Å². The molecule has 4 saturated heterocycles. The van der Waals surface area contributed by atoms with Gasteiger partial charge in [0.2, 0.25) is 5.91 Å². The second-order valence-electron chi connectivity index (χ2n) is 8.11. The number of carbonyl (C=O) groups is 1. The molecule has 0 aromatic rings. The van der Waals surface area contributed by atoms with Gasteiger partial charge in [0.05, 0.1) is 5.92 Å². The van der Waals surface area contributed by atoms with Crippen molar-refractivity contribution in [2.24, 2.45) is 5.92 Å². The second-order valence-corrected chi connectivity index (χ2v) is 8.11. The van der Waals surface area contributed by atoms with Gasteiger partial charge in [-0.3, -0.25) is 14.6 Å². The summed E-state index contributed by atoms with van der Waals surface area (Å²) in [5.41, 5.74) is 0.204. The highest BCUT2D eigenvalue weighted by molar-refractivity contribution is 5.82. The first kappa shape index (κ1) is 14.3. The van der Waals surface area contributed by atoms with Crippen LogP contribution in [0.15, 0.2) is 0 Å². The second kappa shape index (κ2) is 4.70. The lowest BCUT2D eigenvalue weighted by molar-refractivity contribution is -0.167. The lowest BCUT2D eigenvalue weighted by Crippen LogP contribution is -2.73. The Hall–Kier alpha value is -0.610. The minimum Gasteiger partial charge on any atom is -0.334 e. The van der Waals surface area contributed by atoms with Crippen molar-refractivity contribution in [2.75, 3.05) is 26.2 Å². The molecule has 0 saturated carbocycles. The van der Waals surface area contributed by atoms with Gasteiger partial charge in [-0.25, -0.2) is 0 Å². The van der Waals surface area contributed by atoms with Crippen LogP contribution in [0.25, 0.3) is 0 Å². The Balaban J connectivity index is 1.54. The minimum absolute atomic E-state index is 0.204. The Morgan fingerprint density at radius 2 is 1.60 bits per heavy atom. The maximum Gasteiger partial charge on any atom is 0.228 e. The molecule has 4 rings (SSSR count). The van der Waals surface area contributed by atoms with Crippen molar-refractivity contribution in [2.45, 2.75) is 64.7 Å².